The molecule has 1 aliphatic rings. The third kappa shape index (κ3) is 1.91. The molecule has 1 saturated carbocycles. The highest BCUT2D eigenvalue weighted by atomic mass is 16.5. The summed E-state index contributed by atoms with van der Waals surface area (Å²) >= 11 is 0. The van der Waals surface area contributed by atoms with Gasteiger partial charge >= 0.3 is 11.9 Å². The first-order valence-corrected chi connectivity index (χ1v) is 4.79. The number of nitriles is 1. The van der Waals surface area contributed by atoms with E-state index in [0.717, 1.165) is 0 Å². The molecule has 1 aliphatic carbocycles. The average molecular weight is 223 g/mol. The number of carbonyl (C=O) groups excluding carboxylic acids is 1. The van der Waals surface area contributed by atoms with Gasteiger partial charge in [-0.1, -0.05) is 19.9 Å². The van der Waals surface area contributed by atoms with Crippen LogP contribution < -0.4 is 0 Å². The standard InChI is InChI=1S/C11H13NO4/c1-11(2)7(8(11)9(13)14)4-6(5-12)10(15)16-3/h4,7-8H,1-3H3,(H,13,14). The third-order valence-electron chi connectivity index (χ3n) is 3.05. The Hall–Kier alpha value is -1.83. The van der Waals surface area contributed by atoms with E-state index >= 15 is 0 Å². The van der Waals surface area contributed by atoms with Crippen LogP contribution in [-0.2, 0) is 14.3 Å². The number of aliphatic carboxylic acids is 1. The van der Waals surface area contributed by atoms with Gasteiger partial charge < -0.3 is 9.84 Å². The summed E-state index contributed by atoms with van der Waals surface area (Å²) in [6.45, 7) is 3.58. The van der Waals surface area contributed by atoms with Crippen LogP contribution in [0.4, 0.5) is 0 Å². The Kier molecular flexibility index (Phi) is 3.04. The number of hydrogen-bond acceptors (Lipinski definition) is 4. The van der Waals surface area contributed by atoms with E-state index in [0.29, 0.717) is 0 Å². The lowest BCUT2D eigenvalue weighted by Crippen LogP contribution is -2.04. The van der Waals surface area contributed by atoms with Crippen LogP contribution in [0.2, 0.25) is 0 Å². The van der Waals surface area contributed by atoms with E-state index in [2.05, 4.69) is 4.74 Å². The van der Waals surface area contributed by atoms with E-state index in [9.17, 15) is 9.59 Å². The lowest BCUT2D eigenvalue weighted by atomic mass is 10.1. The van der Waals surface area contributed by atoms with Gasteiger partial charge in [-0.05, 0) is 11.3 Å². The van der Waals surface area contributed by atoms with Crippen molar-refractivity contribution in [3.05, 3.63) is 11.6 Å². The van der Waals surface area contributed by atoms with E-state index in [1.807, 2.05) is 0 Å². The van der Waals surface area contributed by atoms with Gasteiger partial charge in [0.15, 0.2) is 0 Å². The Balaban J connectivity index is 2.91. The Labute approximate surface area is 93.3 Å². The number of hydrogen-bond donors (Lipinski definition) is 1. The molecule has 0 aromatic rings. The third-order valence-corrected chi connectivity index (χ3v) is 3.05. The van der Waals surface area contributed by atoms with Gasteiger partial charge in [0, 0.05) is 0 Å². The summed E-state index contributed by atoms with van der Waals surface area (Å²) in [5.74, 6) is -2.47. The van der Waals surface area contributed by atoms with Gasteiger partial charge in [-0.25, -0.2) is 4.79 Å². The zero-order valence-corrected chi connectivity index (χ0v) is 9.35. The first-order chi connectivity index (χ1) is 7.36. The van der Waals surface area contributed by atoms with Crippen molar-refractivity contribution in [2.45, 2.75) is 13.8 Å². The van der Waals surface area contributed by atoms with Gasteiger partial charge in [-0.3, -0.25) is 4.79 Å². The highest BCUT2D eigenvalue weighted by molar-refractivity contribution is 5.93. The van der Waals surface area contributed by atoms with E-state index in [1.165, 1.54) is 13.2 Å². The minimum atomic E-state index is -0.909. The second-order valence-electron chi connectivity index (χ2n) is 4.35. The van der Waals surface area contributed by atoms with E-state index in [1.54, 1.807) is 19.9 Å². The molecule has 0 saturated heterocycles. The summed E-state index contributed by atoms with van der Waals surface area (Å²) in [5, 5.41) is 17.6. The first-order valence-electron chi connectivity index (χ1n) is 4.79. The fourth-order valence-corrected chi connectivity index (χ4v) is 1.90. The number of carbonyl (C=O) groups is 2. The monoisotopic (exact) mass is 223 g/mol. The normalized spacial score (nSPS) is 26.8. The highest BCUT2D eigenvalue weighted by Gasteiger charge is 2.61. The molecule has 1 fully saturated rings. The fourth-order valence-electron chi connectivity index (χ4n) is 1.90. The number of ether oxygens (including phenoxy) is 1. The molecule has 0 heterocycles. The van der Waals surface area contributed by atoms with Crippen LogP contribution >= 0.6 is 0 Å². The Morgan fingerprint density at radius 3 is 2.38 bits per heavy atom. The molecule has 0 amide bonds. The van der Waals surface area contributed by atoms with Gasteiger partial charge in [0.05, 0.1) is 13.0 Å². The quantitative estimate of drug-likeness (QED) is 0.437. The van der Waals surface area contributed by atoms with Crippen LogP contribution in [0.3, 0.4) is 0 Å². The van der Waals surface area contributed by atoms with Gasteiger partial charge in [0.2, 0.25) is 0 Å². The minimum Gasteiger partial charge on any atom is -0.481 e. The molecule has 1 N–H and O–H groups in total. The fraction of sp³-hybridized carbons (Fsp3) is 0.545. The van der Waals surface area contributed by atoms with Crippen LogP contribution in [-0.4, -0.2) is 24.2 Å². The van der Waals surface area contributed by atoms with Crippen molar-refractivity contribution < 1.29 is 19.4 Å². The zero-order chi connectivity index (χ0) is 12.5. The molecule has 0 spiro atoms. The van der Waals surface area contributed by atoms with Crippen LogP contribution in [0, 0.1) is 28.6 Å². The summed E-state index contributed by atoms with van der Waals surface area (Å²) in [5.41, 5.74) is -0.550. The molecular formula is C11H13NO4. The summed E-state index contributed by atoms with van der Waals surface area (Å²) in [7, 11) is 1.18. The number of esters is 1. The molecule has 2 atom stereocenters. The predicted octanol–water partition coefficient (Wildman–Crippen LogP) is 0.966. The van der Waals surface area contributed by atoms with Crippen molar-refractivity contribution in [1.29, 1.82) is 5.26 Å². The van der Waals surface area contributed by atoms with Crippen molar-refractivity contribution >= 4 is 11.9 Å². The summed E-state index contributed by atoms with van der Waals surface area (Å²) < 4.78 is 4.42. The average Bonchev–Trinajstić information content (AvgIpc) is 2.75. The maximum absolute atomic E-state index is 11.1. The largest absolute Gasteiger partial charge is 0.481 e. The van der Waals surface area contributed by atoms with Crippen molar-refractivity contribution in [3.63, 3.8) is 0 Å². The molecule has 0 bridgehead atoms. The van der Waals surface area contributed by atoms with Gasteiger partial charge in [-0.15, -0.1) is 0 Å². The van der Waals surface area contributed by atoms with Gasteiger partial charge in [0.1, 0.15) is 11.6 Å². The summed E-state index contributed by atoms with van der Waals surface area (Å²) in [4.78, 5) is 22.0. The van der Waals surface area contributed by atoms with E-state index < -0.39 is 23.3 Å². The second-order valence-corrected chi connectivity index (χ2v) is 4.35. The highest BCUT2D eigenvalue weighted by Crippen LogP contribution is 2.59. The maximum atomic E-state index is 11.1. The number of nitrogens with zero attached hydrogens (tertiary/aromatic N) is 1. The maximum Gasteiger partial charge on any atom is 0.348 e. The lowest BCUT2D eigenvalue weighted by molar-refractivity contribution is -0.139. The van der Waals surface area contributed by atoms with Crippen molar-refractivity contribution in [3.8, 4) is 6.07 Å². The molecule has 0 aromatic heterocycles. The van der Waals surface area contributed by atoms with Crippen LogP contribution in [0.15, 0.2) is 11.6 Å². The summed E-state index contributed by atoms with van der Waals surface area (Å²) in [6, 6.07) is 1.71. The van der Waals surface area contributed by atoms with Gasteiger partial charge in [0.25, 0.3) is 0 Å². The SMILES string of the molecule is COC(=O)C(C#N)=CC1C(C(=O)O)C1(C)C. The molecule has 16 heavy (non-hydrogen) atoms. The van der Waals surface area contributed by atoms with Crippen LogP contribution in [0.5, 0.6) is 0 Å². The van der Waals surface area contributed by atoms with Crippen LogP contribution in [0.1, 0.15) is 13.8 Å². The molecule has 5 heteroatoms. The lowest BCUT2D eigenvalue weighted by Gasteiger charge is -1.98. The molecule has 2 unspecified atom stereocenters. The number of rotatable bonds is 3. The first kappa shape index (κ1) is 12.2. The molecule has 0 radical (unpaired) electrons. The number of allylic oxidation sites excluding steroid dienone is 1. The zero-order valence-electron chi connectivity index (χ0n) is 9.35. The molecule has 0 aromatic carbocycles. The number of methoxy groups -OCH3 is 1. The molecule has 5 nitrogen and oxygen atoms in total. The molecular weight excluding hydrogens is 210 g/mol. The number of carboxylic acids is 1. The Bertz CT molecular complexity index is 403. The molecule has 1 rings (SSSR count). The Morgan fingerprint density at radius 2 is 2.06 bits per heavy atom. The van der Waals surface area contributed by atoms with Crippen molar-refractivity contribution in [1.82, 2.24) is 0 Å². The topological polar surface area (TPSA) is 87.4 Å². The second kappa shape index (κ2) is 3.97. The molecule has 86 valence electrons. The predicted molar refractivity (Wildman–Crippen MR) is 54.1 cm³/mol. The Morgan fingerprint density at radius 1 is 1.50 bits per heavy atom. The van der Waals surface area contributed by atoms with Crippen molar-refractivity contribution in [2.24, 2.45) is 17.3 Å². The summed E-state index contributed by atoms with van der Waals surface area (Å²) in [6.07, 6.45) is 1.39. The van der Waals surface area contributed by atoms with Gasteiger partial charge in [-0.2, -0.15) is 5.26 Å². The van der Waals surface area contributed by atoms with Crippen molar-refractivity contribution in [2.75, 3.05) is 7.11 Å². The van der Waals surface area contributed by atoms with E-state index in [4.69, 9.17) is 10.4 Å². The smallest absolute Gasteiger partial charge is 0.348 e. The number of carboxylic acid groups (broad SMARTS) is 1. The molecule has 0 aliphatic heterocycles. The minimum absolute atomic E-state index is 0.135. The van der Waals surface area contributed by atoms with E-state index in [-0.39, 0.29) is 11.5 Å². The van der Waals surface area contributed by atoms with Crippen LogP contribution in [0.25, 0.3) is 0 Å².